The van der Waals surface area contributed by atoms with Gasteiger partial charge < -0.3 is 16.0 Å². The molecule has 0 aliphatic heterocycles. The van der Waals surface area contributed by atoms with Crippen LogP contribution in [0.15, 0.2) is 12.1 Å². The Balaban J connectivity index is 2.00. The smallest absolute Gasteiger partial charge is 0.212 e. The van der Waals surface area contributed by atoms with E-state index < -0.39 is 0 Å². The highest BCUT2D eigenvalue weighted by Gasteiger charge is 2.14. The number of nitrogens with two attached hydrogens (primary N) is 1. The van der Waals surface area contributed by atoms with Gasteiger partial charge in [0, 0.05) is 19.5 Å². The Hall–Kier alpha value is -2.29. The van der Waals surface area contributed by atoms with Crippen molar-refractivity contribution in [2.75, 3.05) is 29.5 Å². The monoisotopic (exact) mass is 293 g/mol. The predicted octanol–water partition coefficient (Wildman–Crippen LogP) is 0.718. The molecule has 8 nitrogen and oxygen atoms in total. The maximum atomic E-state index is 10.3. The summed E-state index contributed by atoms with van der Waals surface area (Å²) in [5, 5.41) is 19.6. The van der Waals surface area contributed by atoms with E-state index in [1.54, 1.807) is 12.1 Å². The number of carbonyl (C=O) groups excluding carboxylic acids is 1. The second kappa shape index (κ2) is 6.24. The Bertz CT molecular complexity index is 570. The molecule has 9 heteroatoms. The van der Waals surface area contributed by atoms with Gasteiger partial charge in [0.15, 0.2) is 11.6 Å². The van der Waals surface area contributed by atoms with Gasteiger partial charge in [-0.3, -0.25) is 4.79 Å². The van der Waals surface area contributed by atoms with Crippen LogP contribution in [0.4, 0.5) is 16.8 Å². The van der Waals surface area contributed by atoms with Gasteiger partial charge in [-0.1, -0.05) is 18.3 Å². The molecule has 2 aromatic heterocycles. The summed E-state index contributed by atoms with van der Waals surface area (Å²) < 4.78 is 0. The van der Waals surface area contributed by atoms with Crippen LogP contribution in [0, 0.1) is 0 Å². The van der Waals surface area contributed by atoms with E-state index in [2.05, 4.69) is 25.7 Å². The van der Waals surface area contributed by atoms with Crippen LogP contribution in [0.2, 0.25) is 0 Å². The standard InChI is InChI=1S/C11H15N7OS/c1-7(10-16-17-11(12)20-10)5-18(2)9-4-3-8(13-6-19)14-15-9/h3-4,6-7H,5H2,1-2H3,(H2,12,17)(H,13,14,19). The van der Waals surface area contributed by atoms with E-state index in [1.807, 2.05) is 18.9 Å². The first kappa shape index (κ1) is 14.1. The van der Waals surface area contributed by atoms with Gasteiger partial charge >= 0.3 is 0 Å². The lowest BCUT2D eigenvalue weighted by Gasteiger charge is -2.20. The summed E-state index contributed by atoms with van der Waals surface area (Å²) in [4.78, 5) is 12.2. The Morgan fingerprint density at radius 3 is 2.75 bits per heavy atom. The van der Waals surface area contributed by atoms with Crippen molar-refractivity contribution in [3.05, 3.63) is 17.1 Å². The number of hydrogen-bond donors (Lipinski definition) is 2. The van der Waals surface area contributed by atoms with Gasteiger partial charge in [0.25, 0.3) is 0 Å². The van der Waals surface area contributed by atoms with Crippen molar-refractivity contribution in [1.29, 1.82) is 0 Å². The largest absolute Gasteiger partial charge is 0.374 e. The van der Waals surface area contributed by atoms with Crippen molar-refractivity contribution in [2.45, 2.75) is 12.8 Å². The molecule has 1 unspecified atom stereocenters. The van der Waals surface area contributed by atoms with E-state index in [1.165, 1.54) is 11.3 Å². The molecule has 20 heavy (non-hydrogen) atoms. The summed E-state index contributed by atoms with van der Waals surface area (Å²) in [5.41, 5.74) is 5.58. The van der Waals surface area contributed by atoms with E-state index in [0.717, 1.165) is 5.01 Å². The molecule has 0 saturated heterocycles. The molecular formula is C11H15N7OS. The van der Waals surface area contributed by atoms with E-state index in [-0.39, 0.29) is 5.92 Å². The highest BCUT2D eigenvalue weighted by atomic mass is 32.1. The number of carbonyl (C=O) groups is 1. The molecule has 0 fully saturated rings. The van der Waals surface area contributed by atoms with Crippen LogP contribution < -0.4 is 16.0 Å². The molecule has 106 valence electrons. The summed E-state index contributed by atoms with van der Waals surface area (Å²) >= 11 is 1.39. The molecule has 1 amide bonds. The quantitative estimate of drug-likeness (QED) is 0.755. The minimum absolute atomic E-state index is 0.185. The van der Waals surface area contributed by atoms with Crippen molar-refractivity contribution in [3.8, 4) is 0 Å². The van der Waals surface area contributed by atoms with Crippen molar-refractivity contribution in [3.63, 3.8) is 0 Å². The molecular weight excluding hydrogens is 278 g/mol. The molecule has 1 atom stereocenters. The number of nitrogens with one attached hydrogen (secondary N) is 1. The lowest BCUT2D eigenvalue weighted by Crippen LogP contribution is -2.24. The third-order valence-corrected chi connectivity index (χ3v) is 3.66. The first-order chi connectivity index (χ1) is 9.60. The highest BCUT2D eigenvalue weighted by Crippen LogP contribution is 2.23. The van der Waals surface area contributed by atoms with Crippen LogP contribution in [0.3, 0.4) is 0 Å². The predicted molar refractivity (Wildman–Crippen MR) is 77.7 cm³/mol. The van der Waals surface area contributed by atoms with E-state index in [9.17, 15) is 4.79 Å². The number of hydrogen-bond acceptors (Lipinski definition) is 8. The van der Waals surface area contributed by atoms with Crippen LogP contribution >= 0.6 is 11.3 Å². The molecule has 0 saturated carbocycles. The fourth-order valence-corrected chi connectivity index (χ4v) is 2.35. The Morgan fingerprint density at radius 1 is 1.40 bits per heavy atom. The Kier molecular flexibility index (Phi) is 4.41. The Morgan fingerprint density at radius 2 is 2.20 bits per heavy atom. The number of nitrogens with zero attached hydrogens (tertiary/aromatic N) is 5. The number of rotatable bonds is 6. The molecule has 0 radical (unpaired) electrons. The van der Waals surface area contributed by atoms with Gasteiger partial charge in [-0.05, 0) is 12.1 Å². The summed E-state index contributed by atoms with van der Waals surface area (Å²) in [7, 11) is 1.91. The zero-order valence-electron chi connectivity index (χ0n) is 11.1. The van der Waals surface area contributed by atoms with Crippen molar-refractivity contribution in [2.24, 2.45) is 0 Å². The molecule has 2 aromatic rings. The lowest BCUT2D eigenvalue weighted by molar-refractivity contribution is -0.105. The van der Waals surface area contributed by atoms with Crippen LogP contribution in [-0.2, 0) is 4.79 Å². The minimum atomic E-state index is 0.185. The number of likely N-dealkylation sites (N-methyl/N-ethyl adjacent to an activating group) is 1. The van der Waals surface area contributed by atoms with Gasteiger partial charge in [-0.2, -0.15) is 0 Å². The summed E-state index contributed by atoms with van der Waals surface area (Å²) in [6.45, 7) is 2.76. The van der Waals surface area contributed by atoms with Crippen LogP contribution in [0.1, 0.15) is 17.8 Å². The summed E-state index contributed by atoms with van der Waals surface area (Å²) in [5.74, 6) is 1.32. The van der Waals surface area contributed by atoms with Gasteiger partial charge in [0.1, 0.15) is 5.01 Å². The SMILES string of the molecule is CC(CN(C)c1ccc(NC=O)nn1)c1nnc(N)s1. The lowest BCUT2D eigenvalue weighted by atomic mass is 10.2. The van der Waals surface area contributed by atoms with Crippen LogP contribution in [0.5, 0.6) is 0 Å². The molecule has 2 rings (SSSR count). The molecule has 2 heterocycles. The fraction of sp³-hybridized carbons (Fsp3) is 0.364. The zero-order chi connectivity index (χ0) is 14.5. The highest BCUT2D eigenvalue weighted by molar-refractivity contribution is 7.15. The molecule has 0 bridgehead atoms. The Labute approximate surface area is 120 Å². The van der Waals surface area contributed by atoms with Crippen molar-refractivity contribution < 1.29 is 4.79 Å². The number of anilines is 3. The summed E-state index contributed by atoms with van der Waals surface area (Å²) in [6, 6.07) is 3.49. The summed E-state index contributed by atoms with van der Waals surface area (Å²) in [6.07, 6.45) is 0.565. The minimum Gasteiger partial charge on any atom is -0.374 e. The number of nitrogen functional groups attached to an aromatic ring is 1. The molecule has 0 aliphatic rings. The van der Waals surface area contributed by atoms with E-state index in [0.29, 0.717) is 29.7 Å². The van der Waals surface area contributed by atoms with E-state index >= 15 is 0 Å². The normalized spacial score (nSPS) is 11.9. The van der Waals surface area contributed by atoms with Crippen molar-refractivity contribution >= 4 is 34.5 Å². The molecule has 0 aromatic carbocycles. The van der Waals surface area contributed by atoms with Gasteiger partial charge in [0.2, 0.25) is 11.5 Å². The molecule has 0 aliphatic carbocycles. The maximum Gasteiger partial charge on any atom is 0.212 e. The molecule has 3 N–H and O–H groups in total. The second-order valence-electron chi connectivity index (χ2n) is 4.30. The van der Waals surface area contributed by atoms with E-state index in [4.69, 9.17) is 5.73 Å². The number of aromatic nitrogens is 4. The van der Waals surface area contributed by atoms with Gasteiger partial charge in [0.05, 0.1) is 0 Å². The maximum absolute atomic E-state index is 10.3. The van der Waals surface area contributed by atoms with Gasteiger partial charge in [-0.15, -0.1) is 20.4 Å². The fourth-order valence-electron chi connectivity index (χ4n) is 1.69. The third kappa shape index (κ3) is 3.38. The topological polar surface area (TPSA) is 110 Å². The zero-order valence-corrected chi connectivity index (χ0v) is 12.0. The first-order valence-electron chi connectivity index (χ1n) is 5.94. The third-order valence-electron chi connectivity index (χ3n) is 2.67. The van der Waals surface area contributed by atoms with Gasteiger partial charge in [-0.25, -0.2) is 0 Å². The average Bonchev–Trinajstić information content (AvgIpc) is 2.86. The van der Waals surface area contributed by atoms with Crippen LogP contribution in [-0.4, -0.2) is 40.4 Å². The second-order valence-corrected chi connectivity index (χ2v) is 5.34. The molecule has 0 spiro atoms. The van der Waals surface area contributed by atoms with Crippen molar-refractivity contribution in [1.82, 2.24) is 20.4 Å². The van der Waals surface area contributed by atoms with Crippen LogP contribution in [0.25, 0.3) is 0 Å². The average molecular weight is 293 g/mol. The number of amides is 1. The first-order valence-corrected chi connectivity index (χ1v) is 6.75.